The van der Waals surface area contributed by atoms with E-state index in [2.05, 4.69) is 78.1 Å². The number of rotatable bonds is 10. The van der Waals surface area contributed by atoms with E-state index in [-0.39, 0.29) is 11.8 Å². The van der Waals surface area contributed by atoms with Gasteiger partial charge in [-0.2, -0.15) is 0 Å². The minimum absolute atomic E-state index is 0.0242. The van der Waals surface area contributed by atoms with Crippen LogP contribution >= 0.6 is 0 Å². The standard InChI is InChI=1S/C33H35N3O2/c34-19-7-6-12-31-32(37)35-30(22-27-17-18-28-10-4-5-11-29(28)21-27)33(38)36(31)23-26-15-13-25(14-16-26)20-24-8-2-1-3-9-24/h1-5,8-11,13-18,21,30-31H,6-7,12,19-20,22-23,34H2,(H,35,37)/t30-,31-/m0/s1. The Labute approximate surface area is 224 Å². The Balaban J connectivity index is 1.33. The number of hydrogen-bond donors (Lipinski definition) is 2. The van der Waals surface area contributed by atoms with Crippen molar-refractivity contribution in [2.75, 3.05) is 6.54 Å². The Morgan fingerprint density at radius 2 is 1.37 bits per heavy atom. The molecule has 1 fully saturated rings. The van der Waals surface area contributed by atoms with E-state index in [4.69, 9.17) is 5.73 Å². The predicted octanol–water partition coefficient (Wildman–Crippen LogP) is 5.00. The molecule has 4 aromatic carbocycles. The van der Waals surface area contributed by atoms with Crippen molar-refractivity contribution in [2.45, 2.75) is 50.7 Å². The van der Waals surface area contributed by atoms with Gasteiger partial charge in [0.2, 0.25) is 11.8 Å². The normalized spacial score (nSPS) is 17.6. The van der Waals surface area contributed by atoms with E-state index in [1.54, 1.807) is 4.90 Å². The summed E-state index contributed by atoms with van der Waals surface area (Å²) in [4.78, 5) is 28.8. The SMILES string of the molecule is NCCCC[C@H]1C(=O)N[C@@H](Cc2ccc3ccccc3c2)C(=O)N1Cc1ccc(Cc2ccccc2)cc1. The second-order valence-corrected chi connectivity index (χ2v) is 10.2. The second-order valence-electron chi connectivity index (χ2n) is 10.2. The van der Waals surface area contributed by atoms with Crippen LogP contribution in [0, 0.1) is 0 Å². The smallest absolute Gasteiger partial charge is 0.246 e. The second kappa shape index (κ2) is 12.1. The van der Waals surface area contributed by atoms with Gasteiger partial charge in [0.05, 0.1) is 0 Å². The molecule has 0 unspecified atom stereocenters. The molecule has 194 valence electrons. The Morgan fingerprint density at radius 1 is 0.711 bits per heavy atom. The lowest BCUT2D eigenvalue weighted by Gasteiger charge is -2.39. The third-order valence-electron chi connectivity index (χ3n) is 7.39. The van der Waals surface area contributed by atoms with Crippen molar-refractivity contribution in [3.8, 4) is 0 Å². The van der Waals surface area contributed by atoms with Crippen LogP contribution in [-0.2, 0) is 29.0 Å². The molecule has 0 radical (unpaired) electrons. The molecule has 5 heteroatoms. The zero-order valence-electron chi connectivity index (χ0n) is 21.7. The number of nitrogens with zero attached hydrogens (tertiary/aromatic N) is 1. The molecule has 5 rings (SSSR count). The van der Waals surface area contributed by atoms with Gasteiger partial charge < -0.3 is 16.0 Å². The molecule has 0 aromatic heterocycles. The van der Waals surface area contributed by atoms with E-state index in [0.717, 1.165) is 41.2 Å². The van der Waals surface area contributed by atoms with Crippen LogP contribution in [0.5, 0.6) is 0 Å². The van der Waals surface area contributed by atoms with Gasteiger partial charge in [-0.15, -0.1) is 0 Å². The van der Waals surface area contributed by atoms with Crippen LogP contribution in [0.25, 0.3) is 10.8 Å². The summed E-state index contributed by atoms with van der Waals surface area (Å²) in [5.41, 5.74) is 10.2. The molecule has 1 heterocycles. The highest BCUT2D eigenvalue weighted by atomic mass is 16.2. The maximum absolute atomic E-state index is 13.8. The molecule has 1 saturated heterocycles. The molecule has 38 heavy (non-hydrogen) atoms. The van der Waals surface area contributed by atoms with Crippen LogP contribution in [0.15, 0.2) is 97.1 Å². The van der Waals surface area contributed by atoms with Crippen LogP contribution < -0.4 is 11.1 Å². The van der Waals surface area contributed by atoms with Crippen molar-refractivity contribution in [3.63, 3.8) is 0 Å². The zero-order valence-corrected chi connectivity index (χ0v) is 21.7. The number of nitrogens with one attached hydrogen (secondary N) is 1. The highest BCUT2D eigenvalue weighted by Gasteiger charge is 2.40. The molecule has 2 amide bonds. The maximum Gasteiger partial charge on any atom is 0.246 e. The van der Waals surface area contributed by atoms with E-state index < -0.39 is 12.1 Å². The first kappa shape index (κ1) is 25.7. The lowest BCUT2D eigenvalue weighted by molar-refractivity contribution is -0.150. The Bertz CT molecular complexity index is 1380. The molecule has 1 aliphatic heterocycles. The Hall–Kier alpha value is -3.96. The number of hydrogen-bond acceptors (Lipinski definition) is 3. The summed E-state index contributed by atoms with van der Waals surface area (Å²) in [6.45, 7) is 0.995. The number of amides is 2. The van der Waals surface area contributed by atoms with Crippen LogP contribution in [0.1, 0.15) is 41.5 Å². The van der Waals surface area contributed by atoms with Gasteiger partial charge in [-0.05, 0) is 65.3 Å². The highest BCUT2D eigenvalue weighted by Crippen LogP contribution is 2.23. The highest BCUT2D eigenvalue weighted by molar-refractivity contribution is 5.97. The summed E-state index contributed by atoms with van der Waals surface area (Å²) in [6.07, 6.45) is 3.59. The lowest BCUT2D eigenvalue weighted by atomic mass is 9.95. The monoisotopic (exact) mass is 505 g/mol. The van der Waals surface area contributed by atoms with Crippen LogP contribution in [0.2, 0.25) is 0 Å². The van der Waals surface area contributed by atoms with Crippen LogP contribution in [0.3, 0.4) is 0 Å². The molecule has 4 aromatic rings. The van der Waals surface area contributed by atoms with E-state index in [0.29, 0.717) is 25.9 Å². The first-order valence-corrected chi connectivity index (χ1v) is 13.5. The van der Waals surface area contributed by atoms with Gasteiger partial charge in [-0.3, -0.25) is 9.59 Å². The van der Waals surface area contributed by atoms with Crippen molar-refractivity contribution in [3.05, 3.63) is 119 Å². The molecule has 0 saturated carbocycles. The average molecular weight is 506 g/mol. The number of carbonyl (C=O) groups is 2. The van der Waals surface area contributed by atoms with Crippen molar-refractivity contribution in [2.24, 2.45) is 5.73 Å². The molecular weight excluding hydrogens is 470 g/mol. The first-order valence-electron chi connectivity index (χ1n) is 13.5. The van der Waals surface area contributed by atoms with E-state index >= 15 is 0 Å². The summed E-state index contributed by atoms with van der Waals surface area (Å²) in [5, 5.41) is 5.32. The van der Waals surface area contributed by atoms with Crippen molar-refractivity contribution < 1.29 is 9.59 Å². The fraction of sp³-hybridized carbons (Fsp3) is 0.273. The van der Waals surface area contributed by atoms with Gasteiger partial charge in [0.1, 0.15) is 12.1 Å². The topological polar surface area (TPSA) is 75.4 Å². The molecule has 5 nitrogen and oxygen atoms in total. The summed E-state index contributed by atoms with van der Waals surface area (Å²) >= 11 is 0. The van der Waals surface area contributed by atoms with Gasteiger partial charge in [0, 0.05) is 13.0 Å². The van der Waals surface area contributed by atoms with E-state index in [1.807, 2.05) is 24.3 Å². The molecule has 0 bridgehead atoms. The summed E-state index contributed by atoms with van der Waals surface area (Å²) in [5.74, 6) is -0.100. The molecular formula is C33H35N3O2. The minimum Gasteiger partial charge on any atom is -0.342 e. The zero-order chi connectivity index (χ0) is 26.3. The van der Waals surface area contributed by atoms with E-state index in [9.17, 15) is 9.59 Å². The predicted molar refractivity (Wildman–Crippen MR) is 153 cm³/mol. The summed E-state index contributed by atoms with van der Waals surface area (Å²) in [6, 6.07) is 32.1. The number of piperazine rings is 1. The molecule has 2 atom stereocenters. The molecule has 0 aliphatic carbocycles. The van der Waals surface area contributed by atoms with Crippen molar-refractivity contribution in [1.82, 2.24) is 10.2 Å². The quantitative estimate of drug-likeness (QED) is 0.298. The van der Waals surface area contributed by atoms with Gasteiger partial charge in [-0.1, -0.05) is 97.1 Å². The molecule has 1 aliphatic rings. The van der Waals surface area contributed by atoms with Gasteiger partial charge in [0.15, 0.2) is 0 Å². The summed E-state index contributed by atoms with van der Waals surface area (Å²) < 4.78 is 0. The number of fused-ring (bicyclic) bond motifs is 1. The fourth-order valence-electron chi connectivity index (χ4n) is 5.31. The number of benzene rings is 4. The molecule has 0 spiro atoms. The largest absolute Gasteiger partial charge is 0.342 e. The Kier molecular flexibility index (Phi) is 8.15. The van der Waals surface area contributed by atoms with Crippen molar-refractivity contribution >= 4 is 22.6 Å². The number of carbonyl (C=O) groups excluding carboxylic acids is 2. The third kappa shape index (κ3) is 6.12. The van der Waals surface area contributed by atoms with Gasteiger partial charge >= 0.3 is 0 Å². The van der Waals surface area contributed by atoms with E-state index in [1.165, 1.54) is 11.1 Å². The Morgan fingerprint density at radius 3 is 2.13 bits per heavy atom. The van der Waals surface area contributed by atoms with Crippen LogP contribution in [-0.4, -0.2) is 35.3 Å². The maximum atomic E-state index is 13.8. The van der Waals surface area contributed by atoms with Crippen molar-refractivity contribution in [1.29, 1.82) is 0 Å². The summed E-state index contributed by atoms with van der Waals surface area (Å²) in [7, 11) is 0. The fourth-order valence-corrected chi connectivity index (χ4v) is 5.31. The number of nitrogens with two attached hydrogens (primary N) is 1. The van der Waals surface area contributed by atoms with Gasteiger partial charge in [-0.25, -0.2) is 0 Å². The van der Waals surface area contributed by atoms with Crippen LogP contribution in [0.4, 0.5) is 0 Å². The first-order chi connectivity index (χ1) is 18.6. The third-order valence-corrected chi connectivity index (χ3v) is 7.39. The van der Waals surface area contributed by atoms with Gasteiger partial charge in [0.25, 0.3) is 0 Å². The lowest BCUT2D eigenvalue weighted by Crippen LogP contribution is -2.63. The number of unbranched alkanes of at least 4 members (excludes halogenated alkanes) is 1. The molecule has 3 N–H and O–H groups in total. The minimum atomic E-state index is -0.577. The average Bonchev–Trinajstić information content (AvgIpc) is 2.94.